The van der Waals surface area contributed by atoms with Crippen LogP contribution in [0.1, 0.15) is 20.3 Å². The van der Waals surface area contributed by atoms with Crippen LogP contribution in [-0.4, -0.2) is 71.8 Å². The first-order chi connectivity index (χ1) is 12.8. The number of hydrogen-bond donors (Lipinski definition) is 1. The number of anilines is 1. The molecule has 2 fully saturated rings. The molecule has 0 bridgehead atoms. The van der Waals surface area contributed by atoms with Gasteiger partial charge in [-0.3, -0.25) is 9.59 Å². The standard InChI is InChI=1S/C19H25ClN4O3/c1-3-22-11-19(10-17(22)26)12-23(14(2)25)7-8-24(13-19)18(27)21-16-6-4-5-15(20)9-16/h4-6,9H,3,7-8,10-13H2,1-2H3,(H,21,27)/t19-/m1/s1. The van der Waals surface area contributed by atoms with Gasteiger partial charge in [0.25, 0.3) is 0 Å². The van der Waals surface area contributed by atoms with Crippen molar-refractivity contribution in [1.29, 1.82) is 0 Å². The monoisotopic (exact) mass is 392 g/mol. The Balaban J connectivity index is 1.80. The van der Waals surface area contributed by atoms with Crippen molar-refractivity contribution in [3.8, 4) is 0 Å². The molecule has 0 aromatic heterocycles. The fourth-order valence-electron chi connectivity index (χ4n) is 3.95. The Labute approximate surface area is 164 Å². The predicted octanol–water partition coefficient (Wildman–Crippen LogP) is 2.27. The van der Waals surface area contributed by atoms with E-state index in [9.17, 15) is 14.4 Å². The Morgan fingerprint density at radius 2 is 1.89 bits per heavy atom. The van der Waals surface area contributed by atoms with Gasteiger partial charge >= 0.3 is 6.03 Å². The zero-order chi connectivity index (χ0) is 19.6. The number of hydrogen-bond acceptors (Lipinski definition) is 3. The van der Waals surface area contributed by atoms with Gasteiger partial charge in [-0.15, -0.1) is 0 Å². The first-order valence-electron chi connectivity index (χ1n) is 9.17. The van der Waals surface area contributed by atoms with Crippen LogP contribution in [0.15, 0.2) is 24.3 Å². The highest BCUT2D eigenvalue weighted by molar-refractivity contribution is 6.30. The number of urea groups is 1. The van der Waals surface area contributed by atoms with Crippen LogP contribution in [0, 0.1) is 5.41 Å². The molecule has 1 spiro atoms. The van der Waals surface area contributed by atoms with E-state index < -0.39 is 5.41 Å². The van der Waals surface area contributed by atoms with E-state index in [0.29, 0.717) is 56.4 Å². The van der Waals surface area contributed by atoms with Crippen molar-refractivity contribution >= 4 is 35.1 Å². The van der Waals surface area contributed by atoms with E-state index in [4.69, 9.17) is 11.6 Å². The Morgan fingerprint density at radius 1 is 1.19 bits per heavy atom. The maximum Gasteiger partial charge on any atom is 0.321 e. The minimum Gasteiger partial charge on any atom is -0.342 e. The van der Waals surface area contributed by atoms with Crippen molar-refractivity contribution in [2.45, 2.75) is 20.3 Å². The summed E-state index contributed by atoms with van der Waals surface area (Å²) in [6, 6.07) is 6.73. The zero-order valence-corrected chi connectivity index (χ0v) is 16.5. The third-order valence-electron chi connectivity index (χ3n) is 5.29. The van der Waals surface area contributed by atoms with Crippen molar-refractivity contribution in [1.82, 2.24) is 14.7 Å². The van der Waals surface area contributed by atoms with Crippen molar-refractivity contribution in [2.75, 3.05) is 44.6 Å². The number of carbonyl (C=O) groups excluding carboxylic acids is 3. The third kappa shape index (κ3) is 4.35. The summed E-state index contributed by atoms with van der Waals surface area (Å²) in [5.74, 6) is 0.0481. The molecular weight excluding hydrogens is 368 g/mol. The minimum absolute atomic E-state index is 0.0335. The maximum atomic E-state index is 12.9. The molecule has 27 heavy (non-hydrogen) atoms. The third-order valence-corrected chi connectivity index (χ3v) is 5.52. The first-order valence-corrected chi connectivity index (χ1v) is 9.54. The van der Waals surface area contributed by atoms with Gasteiger partial charge in [0, 0.05) is 68.7 Å². The highest BCUT2D eigenvalue weighted by atomic mass is 35.5. The minimum atomic E-state index is -0.430. The lowest BCUT2D eigenvalue weighted by Gasteiger charge is -2.33. The smallest absolute Gasteiger partial charge is 0.321 e. The summed E-state index contributed by atoms with van der Waals surface area (Å²) in [4.78, 5) is 42.5. The van der Waals surface area contributed by atoms with Gasteiger partial charge in [0.2, 0.25) is 11.8 Å². The lowest BCUT2D eigenvalue weighted by atomic mass is 9.86. The molecule has 1 aromatic carbocycles. The molecule has 2 aliphatic rings. The Bertz CT molecular complexity index is 756. The maximum absolute atomic E-state index is 12.9. The van der Waals surface area contributed by atoms with Crippen LogP contribution >= 0.6 is 11.6 Å². The number of benzene rings is 1. The number of halogens is 1. The molecule has 1 atom stereocenters. The van der Waals surface area contributed by atoms with Crippen LogP contribution < -0.4 is 5.32 Å². The number of nitrogens with zero attached hydrogens (tertiary/aromatic N) is 3. The summed E-state index contributed by atoms with van der Waals surface area (Å²) < 4.78 is 0. The van der Waals surface area contributed by atoms with Crippen LogP contribution in [0.3, 0.4) is 0 Å². The number of likely N-dealkylation sites (tertiary alicyclic amines) is 1. The molecule has 1 aromatic rings. The van der Waals surface area contributed by atoms with Gasteiger partial charge in [0.05, 0.1) is 0 Å². The first kappa shape index (κ1) is 19.5. The van der Waals surface area contributed by atoms with Gasteiger partial charge in [-0.25, -0.2) is 4.79 Å². The molecule has 1 N–H and O–H groups in total. The fourth-order valence-corrected chi connectivity index (χ4v) is 4.14. The molecule has 0 unspecified atom stereocenters. The Morgan fingerprint density at radius 3 is 2.52 bits per heavy atom. The van der Waals surface area contributed by atoms with Gasteiger partial charge in [0.15, 0.2) is 0 Å². The molecule has 2 aliphatic heterocycles. The fraction of sp³-hybridized carbons (Fsp3) is 0.526. The van der Waals surface area contributed by atoms with Crippen LogP contribution in [0.5, 0.6) is 0 Å². The number of rotatable bonds is 2. The summed E-state index contributed by atoms with van der Waals surface area (Å²) in [5.41, 5.74) is 0.188. The average molecular weight is 393 g/mol. The number of carbonyl (C=O) groups is 3. The van der Waals surface area contributed by atoms with E-state index in [2.05, 4.69) is 5.32 Å². The zero-order valence-electron chi connectivity index (χ0n) is 15.7. The number of nitrogens with one attached hydrogen (secondary N) is 1. The van der Waals surface area contributed by atoms with Crippen molar-refractivity contribution in [2.24, 2.45) is 5.41 Å². The molecule has 0 aliphatic carbocycles. The molecular formula is C19H25ClN4O3. The second-order valence-electron chi connectivity index (χ2n) is 7.39. The lowest BCUT2D eigenvalue weighted by molar-refractivity contribution is -0.130. The van der Waals surface area contributed by atoms with Crippen LogP contribution in [-0.2, 0) is 9.59 Å². The summed E-state index contributed by atoms with van der Waals surface area (Å²) >= 11 is 5.99. The van der Waals surface area contributed by atoms with Crippen LogP contribution in [0.4, 0.5) is 10.5 Å². The van der Waals surface area contributed by atoms with Crippen molar-refractivity contribution < 1.29 is 14.4 Å². The molecule has 2 heterocycles. The van der Waals surface area contributed by atoms with E-state index in [1.807, 2.05) is 6.92 Å². The Hall–Kier alpha value is -2.28. The summed E-state index contributed by atoms with van der Waals surface area (Å²) in [7, 11) is 0. The SMILES string of the molecule is CCN1C[C@]2(CC1=O)CN(C(C)=O)CCN(C(=O)Nc1cccc(Cl)c1)C2. The molecule has 8 heteroatoms. The van der Waals surface area contributed by atoms with E-state index in [0.717, 1.165) is 0 Å². The topological polar surface area (TPSA) is 73.0 Å². The summed E-state index contributed by atoms with van der Waals surface area (Å²) in [5, 5.41) is 3.41. The van der Waals surface area contributed by atoms with Crippen LogP contribution in [0.25, 0.3) is 0 Å². The highest BCUT2D eigenvalue weighted by Gasteiger charge is 2.47. The van der Waals surface area contributed by atoms with E-state index in [1.54, 1.807) is 39.0 Å². The summed E-state index contributed by atoms with van der Waals surface area (Å²) in [6.07, 6.45) is 0.353. The molecule has 0 saturated carbocycles. The number of amides is 4. The van der Waals surface area contributed by atoms with E-state index >= 15 is 0 Å². The van der Waals surface area contributed by atoms with Crippen molar-refractivity contribution in [3.05, 3.63) is 29.3 Å². The van der Waals surface area contributed by atoms with E-state index in [-0.39, 0.29) is 17.8 Å². The largest absolute Gasteiger partial charge is 0.342 e. The van der Waals surface area contributed by atoms with Gasteiger partial charge < -0.3 is 20.0 Å². The van der Waals surface area contributed by atoms with Gasteiger partial charge in [0.1, 0.15) is 0 Å². The quantitative estimate of drug-likeness (QED) is 0.839. The molecule has 4 amide bonds. The second-order valence-corrected chi connectivity index (χ2v) is 7.82. The molecule has 2 saturated heterocycles. The van der Waals surface area contributed by atoms with Gasteiger partial charge in [-0.2, -0.15) is 0 Å². The van der Waals surface area contributed by atoms with Crippen molar-refractivity contribution in [3.63, 3.8) is 0 Å². The van der Waals surface area contributed by atoms with Crippen LogP contribution in [0.2, 0.25) is 5.02 Å². The molecule has 7 nitrogen and oxygen atoms in total. The van der Waals surface area contributed by atoms with Gasteiger partial charge in [-0.1, -0.05) is 17.7 Å². The predicted molar refractivity (Wildman–Crippen MR) is 104 cm³/mol. The van der Waals surface area contributed by atoms with E-state index in [1.165, 1.54) is 6.92 Å². The summed E-state index contributed by atoms with van der Waals surface area (Å²) in [6.45, 7) is 6.48. The normalized spacial score (nSPS) is 22.9. The molecule has 3 rings (SSSR count). The van der Waals surface area contributed by atoms with Gasteiger partial charge in [-0.05, 0) is 25.1 Å². The lowest BCUT2D eigenvalue weighted by Crippen LogP contribution is -2.46. The molecule has 146 valence electrons. The molecule has 0 radical (unpaired) electrons. The second kappa shape index (κ2) is 7.76. The average Bonchev–Trinajstić information content (AvgIpc) is 2.79. The highest BCUT2D eigenvalue weighted by Crippen LogP contribution is 2.35. The Kier molecular flexibility index (Phi) is 5.60.